The first-order valence-corrected chi connectivity index (χ1v) is 8.44. The number of benzene rings is 2. The summed E-state index contributed by atoms with van der Waals surface area (Å²) in [6, 6.07) is 19.8. The normalized spacial score (nSPS) is 14.2. The third-order valence-electron chi connectivity index (χ3n) is 3.37. The minimum atomic E-state index is -0.670. The van der Waals surface area contributed by atoms with Crippen LogP contribution in [0.5, 0.6) is 0 Å². The van der Waals surface area contributed by atoms with Crippen molar-refractivity contribution in [3.63, 3.8) is 0 Å². The Labute approximate surface area is 112 Å². The van der Waals surface area contributed by atoms with Gasteiger partial charge in [-0.05, 0) is 32.8 Å². The highest BCUT2D eigenvalue weighted by Crippen LogP contribution is 2.21. The van der Waals surface area contributed by atoms with E-state index in [0.29, 0.717) is 0 Å². The van der Waals surface area contributed by atoms with E-state index in [1.165, 1.54) is 20.8 Å². The van der Waals surface area contributed by atoms with Crippen LogP contribution >= 0.6 is 11.3 Å². The van der Waals surface area contributed by atoms with Crippen LogP contribution in [0, 0.1) is 0 Å². The van der Waals surface area contributed by atoms with E-state index in [0.717, 1.165) is 0 Å². The molecule has 1 radical (unpaired) electrons. The molecule has 1 aliphatic heterocycles. The lowest BCUT2D eigenvalue weighted by Crippen LogP contribution is -2.37. The van der Waals surface area contributed by atoms with Crippen molar-refractivity contribution in [1.82, 2.24) is 0 Å². The number of thiophene rings is 1. The lowest BCUT2D eigenvalue weighted by molar-refractivity contribution is 1.73. The predicted octanol–water partition coefficient (Wildman–Crippen LogP) is 3.08. The minimum absolute atomic E-state index is 0.670. The smallest absolute Gasteiger partial charge is 0.144 e. The van der Waals surface area contributed by atoms with Crippen LogP contribution in [-0.4, -0.2) is 8.80 Å². The van der Waals surface area contributed by atoms with Crippen molar-refractivity contribution < 1.29 is 0 Å². The maximum absolute atomic E-state index is 2.42. The van der Waals surface area contributed by atoms with E-state index in [2.05, 4.69) is 66.4 Å². The molecule has 2 heteroatoms. The van der Waals surface area contributed by atoms with Crippen molar-refractivity contribution in [1.29, 1.82) is 0 Å². The first kappa shape index (κ1) is 10.3. The molecule has 1 aliphatic rings. The zero-order chi connectivity index (χ0) is 11.9. The third kappa shape index (κ3) is 1.50. The van der Waals surface area contributed by atoms with Gasteiger partial charge < -0.3 is 0 Å². The van der Waals surface area contributed by atoms with Gasteiger partial charge in [0, 0.05) is 4.70 Å². The molecular weight excluding hydrogens is 252 g/mol. The quantitative estimate of drug-likeness (QED) is 0.592. The van der Waals surface area contributed by atoms with Gasteiger partial charge in [-0.3, -0.25) is 0 Å². The van der Waals surface area contributed by atoms with Crippen LogP contribution < -0.4 is 9.69 Å². The molecule has 4 rings (SSSR count). The molecular formula is C16H11SSi. The Kier molecular flexibility index (Phi) is 2.25. The van der Waals surface area contributed by atoms with Crippen LogP contribution in [0.3, 0.4) is 0 Å². The maximum Gasteiger partial charge on any atom is 0.161 e. The van der Waals surface area contributed by atoms with Gasteiger partial charge in [0.2, 0.25) is 0 Å². The standard InChI is InChI=1S/C16H11SSi/c1-3-7-14-13(6-1)11-16(17-14)18-10-9-12-5-2-4-8-15(12)18/h1-11H. The Bertz CT molecular complexity index is 721. The molecule has 3 aromatic rings. The Balaban J connectivity index is 1.87. The van der Waals surface area contributed by atoms with Crippen LogP contribution in [0.25, 0.3) is 16.2 Å². The van der Waals surface area contributed by atoms with Crippen LogP contribution in [0.2, 0.25) is 0 Å². The molecule has 0 amide bonds. The fourth-order valence-electron chi connectivity index (χ4n) is 2.48. The minimum Gasteiger partial charge on any atom is -0.144 e. The second kappa shape index (κ2) is 3.94. The van der Waals surface area contributed by atoms with Crippen molar-refractivity contribution in [3.8, 4) is 0 Å². The highest BCUT2D eigenvalue weighted by atomic mass is 32.1. The van der Waals surface area contributed by atoms with E-state index in [1.54, 1.807) is 4.50 Å². The SMILES string of the molecule is C1=C[Si](c2cc3ccccc3s2)c2ccccc21. The van der Waals surface area contributed by atoms with E-state index in [1.807, 2.05) is 11.3 Å². The number of rotatable bonds is 1. The lowest BCUT2D eigenvalue weighted by atomic mass is 10.2. The van der Waals surface area contributed by atoms with E-state index in [4.69, 9.17) is 0 Å². The fourth-order valence-corrected chi connectivity index (χ4v) is 6.62. The Morgan fingerprint density at radius 2 is 1.72 bits per heavy atom. The van der Waals surface area contributed by atoms with Gasteiger partial charge >= 0.3 is 0 Å². The van der Waals surface area contributed by atoms with Gasteiger partial charge in [-0.2, -0.15) is 0 Å². The Morgan fingerprint density at radius 1 is 0.889 bits per heavy atom. The van der Waals surface area contributed by atoms with Crippen LogP contribution in [0.15, 0.2) is 60.3 Å². The molecule has 0 N–H and O–H groups in total. The molecule has 2 heterocycles. The van der Waals surface area contributed by atoms with Crippen LogP contribution in [0.4, 0.5) is 0 Å². The third-order valence-corrected chi connectivity index (χ3v) is 7.48. The summed E-state index contributed by atoms with van der Waals surface area (Å²) in [4.78, 5) is 0. The average molecular weight is 263 g/mol. The van der Waals surface area contributed by atoms with Gasteiger partial charge in [0.1, 0.15) is 0 Å². The molecule has 18 heavy (non-hydrogen) atoms. The lowest BCUT2D eigenvalue weighted by Gasteiger charge is -2.05. The summed E-state index contributed by atoms with van der Waals surface area (Å²) in [5.41, 5.74) is 3.82. The largest absolute Gasteiger partial charge is 0.161 e. The highest BCUT2D eigenvalue weighted by molar-refractivity contribution is 7.31. The number of hydrogen-bond donors (Lipinski definition) is 0. The summed E-state index contributed by atoms with van der Waals surface area (Å²) < 4.78 is 2.95. The first-order valence-electron chi connectivity index (χ1n) is 6.05. The molecule has 0 saturated heterocycles. The van der Waals surface area contributed by atoms with Gasteiger partial charge in [-0.25, -0.2) is 0 Å². The fraction of sp³-hybridized carbons (Fsp3) is 0. The molecule has 0 aliphatic carbocycles. The summed E-state index contributed by atoms with van der Waals surface area (Å²) in [5, 5.41) is 2.92. The Hall–Kier alpha value is -1.64. The van der Waals surface area contributed by atoms with E-state index < -0.39 is 8.80 Å². The van der Waals surface area contributed by atoms with E-state index in [-0.39, 0.29) is 0 Å². The molecule has 0 unspecified atom stereocenters. The molecule has 0 bridgehead atoms. The summed E-state index contributed by atoms with van der Waals surface area (Å²) in [6.07, 6.45) is 2.29. The second-order valence-corrected chi connectivity index (χ2v) is 8.17. The molecule has 0 saturated carbocycles. The van der Waals surface area contributed by atoms with Crippen molar-refractivity contribution in [2.45, 2.75) is 0 Å². The van der Waals surface area contributed by atoms with Gasteiger partial charge in [0.05, 0.1) is 0 Å². The molecule has 0 fully saturated rings. The molecule has 0 atom stereocenters. The molecule has 0 spiro atoms. The van der Waals surface area contributed by atoms with E-state index >= 15 is 0 Å². The number of hydrogen-bond acceptors (Lipinski definition) is 1. The van der Waals surface area contributed by atoms with Crippen molar-refractivity contribution in [3.05, 3.63) is 65.9 Å². The monoisotopic (exact) mass is 263 g/mol. The highest BCUT2D eigenvalue weighted by Gasteiger charge is 2.22. The van der Waals surface area contributed by atoms with Crippen LogP contribution in [-0.2, 0) is 0 Å². The van der Waals surface area contributed by atoms with Gasteiger partial charge in [0.25, 0.3) is 0 Å². The summed E-state index contributed by atoms with van der Waals surface area (Å²) >= 11 is 1.95. The predicted molar refractivity (Wildman–Crippen MR) is 82.3 cm³/mol. The molecule has 1 aromatic heterocycles. The summed E-state index contributed by atoms with van der Waals surface area (Å²) in [5.74, 6) is 0. The molecule has 2 aromatic carbocycles. The van der Waals surface area contributed by atoms with E-state index in [9.17, 15) is 0 Å². The molecule has 0 nitrogen and oxygen atoms in total. The van der Waals surface area contributed by atoms with Gasteiger partial charge in [-0.15, -0.1) is 11.3 Å². The van der Waals surface area contributed by atoms with Crippen molar-refractivity contribution in [2.24, 2.45) is 0 Å². The second-order valence-electron chi connectivity index (χ2n) is 4.48. The average Bonchev–Trinajstić information content (AvgIpc) is 3.02. The van der Waals surface area contributed by atoms with Crippen molar-refractivity contribution >= 4 is 46.0 Å². The van der Waals surface area contributed by atoms with Gasteiger partial charge in [0.15, 0.2) is 8.80 Å². The number of fused-ring (bicyclic) bond motifs is 2. The Morgan fingerprint density at radius 3 is 2.67 bits per heavy atom. The zero-order valence-corrected chi connectivity index (χ0v) is 11.6. The topological polar surface area (TPSA) is 0 Å². The van der Waals surface area contributed by atoms with Gasteiger partial charge in [-0.1, -0.05) is 54.2 Å². The zero-order valence-electron chi connectivity index (χ0n) is 9.76. The summed E-state index contributed by atoms with van der Waals surface area (Å²) in [7, 11) is -0.670. The van der Waals surface area contributed by atoms with Crippen molar-refractivity contribution in [2.75, 3.05) is 0 Å². The van der Waals surface area contributed by atoms with Crippen LogP contribution in [0.1, 0.15) is 5.56 Å². The molecule has 85 valence electrons. The maximum atomic E-state index is 2.42. The summed E-state index contributed by atoms with van der Waals surface area (Å²) in [6.45, 7) is 0. The first-order chi connectivity index (χ1) is 8.92.